The van der Waals surface area contributed by atoms with E-state index in [1.807, 2.05) is 0 Å². The Hall–Kier alpha value is 0.630. The molecule has 24 N–H and O–H groups in total. The molecule has 0 saturated heterocycles. The summed E-state index contributed by atoms with van der Waals surface area (Å²) in [7, 11) is -5.39. The van der Waals surface area contributed by atoms with Crippen LogP contribution in [0.25, 0.3) is 0 Å². The normalized spacial score (nSPS) is 3.28. The van der Waals surface area contributed by atoms with Gasteiger partial charge in [-0.1, -0.05) is 0 Å². The number of hydrogen-bond donors (Lipinski definition) is 0. The van der Waals surface area contributed by atoms with Crippen molar-refractivity contribution in [3.05, 3.63) is 0 Å². The fraction of sp³-hybridized carbons (Fsp3) is 0. The van der Waals surface area contributed by atoms with E-state index < -0.39 is 7.82 Å². The molecule has 0 radical (unpaired) electrons. The van der Waals surface area contributed by atoms with E-state index in [9.17, 15) is 0 Å². The van der Waals surface area contributed by atoms with Gasteiger partial charge in [-0.15, -0.1) is 0 Å². The van der Waals surface area contributed by atoms with E-state index in [0.29, 0.717) is 0 Å². The van der Waals surface area contributed by atoms with E-state index >= 15 is 0 Å². The Bertz CT molecular complexity index is 57.2. The molecule has 128 valence electrons. The van der Waals surface area contributed by atoms with Crippen molar-refractivity contribution in [3.63, 3.8) is 0 Å². The first-order valence-corrected chi connectivity index (χ1v) is 2.19. The summed E-state index contributed by atoms with van der Waals surface area (Å²) in [5.74, 6) is 0. The molecule has 0 atom stereocenters. The molecule has 0 saturated carbocycles. The van der Waals surface area contributed by atoms with Crippen molar-refractivity contribution < 1.29 is 115 Å². The van der Waals surface area contributed by atoms with Crippen LogP contribution in [0, 0.1) is 0 Å². The van der Waals surface area contributed by atoms with Gasteiger partial charge in [0.2, 0.25) is 0 Å². The van der Waals surface area contributed by atoms with E-state index in [1.165, 1.54) is 0 Å². The molecule has 0 fully saturated rings. The predicted molar refractivity (Wildman–Crippen MR) is 51.0 cm³/mol. The maximum absolute atomic E-state index is 8.55. The van der Waals surface area contributed by atoms with Crippen LogP contribution < -0.4 is 44.2 Å². The summed E-state index contributed by atoms with van der Waals surface area (Å²) in [6.45, 7) is 0. The maximum Gasteiger partial charge on any atom is 1.00 e. The number of phosphoric acid groups is 1. The molecule has 0 unspecified atom stereocenters. The predicted octanol–water partition coefficient (Wildman–Crippen LogP) is -15.7. The van der Waals surface area contributed by atoms with Gasteiger partial charge in [0.15, 0.2) is 0 Å². The standard InChI is InChI=1S/Na.H3O4P.12H2O/c;1-5(2,3)4;;;;;;;;;;;;/h;(H3,1,2,3,4);12*1H2/q+1;;;;;;;;;;;;;/p-3. The average molecular weight is 334 g/mol. The zero-order valence-electron chi connectivity index (χ0n) is 9.08. The van der Waals surface area contributed by atoms with Gasteiger partial charge in [0.25, 0.3) is 0 Å². The van der Waals surface area contributed by atoms with Crippen molar-refractivity contribution in [3.8, 4) is 0 Å². The van der Waals surface area contributed by atoms with Crippen LogP contribution in [0.4, 0.5) is 0 Å². The Morgan fingerprint density at radius 1 is 0.444 bits per heavy atom. The molecule has 0 aliphatic carbocycles. The summed E-state index contributed by atoms with van der Waals surface area (Å²) in [6, 6.07) is 0. The van der Waals surface area contributed by atoms with E-state index in [1.54, 1.807) is 0 Å². The Balaban J connectivity index is -0.00000000103. The molecule has 18 heavy (non-hydrogen) atoms. The zero-order chi connectivity index (χ0) is 4.50. The van der Waals surface area contributed by atoms with Crippen molar-refractivity contribution in [1.82, 2.24) is 0 Å². The first-order valence-electron chi connectivity index (χ1n) is 0.730. The topological polar surface area (TPSA) is 464 Å². The smallest absolute Gasteiger partial charge is 0.822 e. The van der Waals surface area contributed by atoms with Crippen LogP contribution >= 0.6 is 7.82 Å². The van der Waals surface area contributed by atoms with Gasteiger partial charge in [0.05, 0.1) is 0 Å². The maximum atomic E-state index is 8.55. The van der Waals surface area contributed by atoms with Gasteiger partial charge in [-0.25, -0.2) is 0 Å². The molecule has 0 aromatic heterocycles. The van der Waals surface area contributed by atoms with Gasteiger partial charge in [-0.2, -0.15) is 7.82 Å². The molecule has 18 heteroatoms. The fourth-order valence-corrected chi connectivity index (χ4v) is 0. The molecule has 0 spiro atoms. The Kier molecular flexibility index (Phi) is 1660. The molecule has 0 rings (SSSR count). The molecular weight excluding hydrogens is 310 g/mol. The van der Waals surface area contributed by atoms with Gasteiger partial charge in [0, 0.05) is 0 Å². The van der Waals surface area contributed by atoms with Crippen LogP contribution in [0.5, 0.6) is 0 Å². The SMILES string of the molecule is O.O.O.O.O.O.O.O.O.O.O.O.O=P([O-])([O-])[O-].[Na+]. The number of hydrogen-bond acceptors (Lipinski definition) is 4. The zero-order valence-corrected chi connectivity index (χ0v) is 12.0. The minimum atomic E-state index is -5.39. The minimum absolute atomic E-state index is 0. The van der Waals surface area contributed by atoms with E-state index in [-0.39, 0.29) is 95.3 Å². The summed E-state index contributed by atoms with van der Waals surface area (Å²) >= 11 is 0. The molecular formula is H24NaO16P-2. The van der Waals surface area contributed by atoms with Crippen molar-refractivity contribution in [2.75, 3.05) is 0 Å². The second-order valence-corrected chi connectivity index (χ2v) is 1.34. The summed E-state index contributed by atoms with van der Waals surface area (Å²) in [5.41, 5.74) is 0. The van der Waals surface area contributed by atoms with Crippen molar-refractivity contribution in [1.29, 1.82) is 0 Å². The molecule has 0 aromatic rings. The van der Waals surface area contributed by atoms with Crippen LogP contribution in [0.1, 0.15) is 0 Å². The molecule has 16 nitrogen and oxygen atoms in total. The third-order valence-electron chi connectivity index (χ3n) is 0. The largest absolute Gasteiger partial charge is 1.00 e. The van der Waals surface area contributed by atoms with Gasteiger partial charge < -0.3 is 85.0 Å². The summed E-state index contributed by atoms with van der Waals surface area (Å²) in [6.07, 6.45) is 0. The van der Waals surface area contributed by atoms with Gasteiger partial charge in [-0.3, -0.25) is 0 Å². The first-order chi connectivity index (χ1) is 2.00. The Labute approximate surface area is 122 Å². The molecule has 0 aliphatic heterocycles. The molecule has 0 amide bonds. The van der Waals surface area contributed by atoms with Crippen LogP contribution in [-0.2, 0) is 4.57 Å². The molecule has 0 bridgehead atoms. The van der Waals surface area contributed by atoms with Crippen LogP contribution in [-0.4, -0.2) is 65.7 Å². The van der Waals surface area contributed by atoms with Gasteiger partial charge >= 0.3 is 29.6 Å². The van der Waals surface area contributed by atoms with Crippen molar-refractivity contribution >= 4 is 7.82 Å². The third kappa shape index (κ3) is 10200. The Morgan fingerprint density at radius 2 is 0.444 bits per heavy atom. The molecule has 0 aliphatic rings. The summed E-state index contributed by atoms with van der Waals surface area (Å²) < 4.78 is 8.55. The van der Waals surface area contributed by atoms with E-state index in [2.05, 4.69) is 0 Å². The monoisotopic (exact) mass is 334 g/mol. The number of rotatable bonds is 0. The Morgan fingerprint density at radius 3 is 0.444 bits per heavy atom. The van der Waals surface area contributed by atoms with E-state index in [4.69, 9.17) is 19.2 Å². The second-order valence-electron chi connectivity index (χ2n) is 0.447. The summed E-state index contributed by atoms with van der Waals surface area (Å²) in [4.78, 5) is 25.6. The third-order valence-corrected chi connectivity index (χ3v) is 0. The van der Waals surface area contributed by atoms with Gasteiger partial charge in [0.1, 0.15) is 0 Å². The minimum Gasteiger partial charge on any atom is -0.822 e. The average Bonchev–Trinajstić information content (AvgIpc) is 0.722. The van der Waals surface area contributed by atoms with Crippen LogP contribution in [0.2, 0.25) is 0 Å². The van der Waals surface area contributed by atoms with Crippen molar-refractivity contribution in [2.24, 2.45) is 0 Å². The fourth-order valence-electron chi connectivity index (χ4n) is 0. The summed E-state index contributed by atoms with van der Waals surface area (Å²) in [5, 5.41) is 0. The van der Waals surface area contributed by atoms with E-state index in [0.717, 1.165) is 0 Å². The molecule has 0 aromatic carbocycles. The first kappa shape index (κ1) is 270. The second kappa shape index (κ2) is 111. The van der Waals surface area contributed by atoms with Crippen molar-refractivity contribution in [2.45, 2.75) is 0 Å². The van der Waals surface area contributed by atoms with Crippen LogP contribution in [0.15, 0.2) is 0 Å². The molecule has 0 heterocycles. The quantitative estimate of drug-likeness (QED) is 0.307. The van der Waals surface area contributed by atoms with Crippen LogP contribution in [0.3, 0.4) is 0 Å². The van der Waals surface area contributed by atoms with Gasteiger partial charge in [-0.05, 0) is 0 Å².